The highest BCUT2D eigenvalue weighted by Gasteiger charge is 2.37. The van der Waals surface area contributed by atoms with Gasteiger partial charge in [0.05, 0.1) is 36.2 Å². The molecule has 132 valence electrons. The van der Waals surface area contributed by atoms with Gasteiger partial charge in [-0.25, -0.2) is 0 Å². The maximum atomic E-state index is 13.2. The third-order valence-corrected chi connectivity index (χ3v) is 3.99. The molecule has 2 aromatic rings. The van der Waals surface area contributed by atoms with Crippen LogP contribution < -0.4 is 0 Å². The molecule has 0 spiro atoms. The first kappa shape index (κ1) is 17.3. The molecule has 3 rings (SSSR count). The number of rotatable bonds is 2. The Bertz CT molecular complexity index is 780. The number of nitrogens with zero attached hydrogens (tertiary/aromatic N) is 3. The number of aromatic nitrogens is 2. The van der Waals surface area contributed by atoms with E-state index in [9.17, 15) is 18.0 Å². The van der Waals surface area contributed by atoms with Gasteiger partial charge in [-0.15, -0.1) is 0 Å². The molecule has 2 heterocycles. The minimum Gasteiger partial charge on any atom is -0.370 e. The second-order valence-corrected chi connectivity index (χ2v) is 5.78. The van der Waals surface area contributed by atoms with Gasteiger partial charge in [-0.05, 0) is 24.6 Å². The van der Waals surface area contributed by atoms with Gasteiger partial charge in [-0.2, -0.15) is 23.4 Å². The Labute approximate surface area is 142 Å². The molecule has 5 nitrogen and oxygen atoms in total. The quantitative estimate of drug-likeness (QED) is 0.835. The zero-order valence-corrected chi connectivity index (χ0v) is 13.5. The number of amides is 1. The molecule has 1 unspecified atom stereocenters. The summed E-state index contributed by atoms with van der Waals surface area (Å²) in [5, 5.41) is 7.54. The molecule has 1 fully saturated rings. The van der Waals surface area contributed by atoms with Crippen LogP contribution in [0.25, 0.3) is 0 Å². The fourth-order valence-electron chi connectivity index (χ4n) is 2.83. The average molecular weight is 351 g/mol. The largest absolute Gasteiger partial charge is 0.416 e. The van der Waals surface area contributed by atoms with Crippen molar-refractivity contribution in [3.63, 3.8) is 0 Å². The highest BCUT2D eigenvalue weighted by molar-refractivity contribution is 5.94. The van der Waals surface area contributed by atoms with E-state index in [1.165, 1.54) is 29.3 Å². The van der Waals surface area contributed by atoms with Crippen LogP contribution in [-0.2, 0) is 10.9 Å². The van der Waals surface area contributed by atoms with Crippen LogP contribution in [0.2, 0.25) is 0 Å². The number of hydrogen-bond donors (Lipinski definition) is 0. The normalized spacial score (nSPS) is 18.2. The van der Waals surface area contributed by atoms with Crippen molar-refractivity contribution >= 4 is 5.91 Å². The zero-order valence-electron chi connectivity index (χ0n) is 13.5. The molecule has 1 atom stereocenters. The van der Waals surface area contributed by atoms with E-state index in [1.807, 2.05) is 0 Å². The van der Waals surface area contributed by atoms with Crippen LogP contribution in [0, 0.1) is 6.92 Å². The van der Waals surface area contributed by atoms with E-state index in [2.05, 4.69) is 10.2 Å². The van der Waals surface area contributed by atoms with Crippen LogP contribution in [0.5, 0.6) is 0 Å². The number of morpholine rings is 1. The van der Waals surface area contributed by atoms with Gasteiger partial charge in [0.2, 0.25) is 0 Å². The van der Waals surface area contributed by atoms with Crippen LogP contribution >= 0.6 is 0 Å². The Morgan fingerprint density at radius 3 is 2.80 bits per heavy atom. The van der Waals surface area contributed by atoms with Crippen molar-refractivity contribution in [3.05, 3.63) is 58.9 Å². The van der Waals surface area contributed by atoms with Crippen LogP contribution in [0.15, 0.2) is 36.5 Å². The molecule has 8 heteroatoms. The molecule has 0 N–H and O–H groups in total. The fourth-order valence-corrected chi connectivity index (χ4v) is 2.83. The third-order valence-electron chi connectivity index (χ3n) is 3.99. The lowest BCUT2D eigenvalue weighted by Gasteiger charge is -2.34. The van der Waals surface area contributed by atoms with Crippen LogP contribution in [0.4, 0.5) is 13.2 Å². The SMILES string of the molecule is Cc1cc(C(=O)N2CCOC(c3ccccc3C(F)(F)F)C2)cnn1. The molecule has 1 aliphatic rings. The summed E-state index contributed by atoms with van der Waals surface area (Å²) in [6, 6.07) is 6.88. The molecule has 1 saturated heterocycles. The van der Waals surface area contributed by atoms with E-state index in [-0.39, 0.29) is 24.6 Å². The van der Waals surface area contributed by atoms with E-state index in [1.54, 1.807) is 13.0 Å². The van der Waals surface area contributed by atoms with Crippen molar-refractivity contribution < 1.29 is 22.7 Å². The van der Waals surface area contributed by atoms with Crippen molar-refractivity contribution in [2.24, 2.45) is 0 Å². The number of halogens is 3. The lowest BCUT2D eigenvalue weighted by Crippen LogP contribution is -2.42. The summed E-state index contributed by atoms with van der Waals surface area (Å²) in [6.07, 6.45) is -3.95. The predicted octanol–water partition coefficient (Wildman–Crippen LogP) is 3.02. The topological polar surface area (TPSA) is 55.3 Å². The van der Waals surface area contributed by atoms with Crippen molar-refractivity contribution in [1.29, 1.82) is 0 Å². The molecule has 25 heavy (non-hydrogen) atoms. The van der Waals surface area contributed by atoms with E-state index < -0.39 is 17.8 Å². The van der Waals surface area contributed by atoms with Gasteiger partial charge < -0.3 is 9.64 Å². The maximum absolute atomic E-state index is 13.2. The summed E-state index contributed by atoms with van der Waals surface area (Å²) in [4.78, 5) is 14.1. The summed E-state index contributed by atoms with van der Waals surface area (Å²) in [5.41, 5.74) is 0.252. The zero-order chi connectivity index (χ0) is 18.0. The van der Waals surface area contributed by atoms with E-state index in [0.29, 0.717) is 17.8 Å². The van der Waals surface area contributed by atoms with Gasteiger partial charge in [-0.3, -0.25) is 4.79 Å². The first-order chi connectivity index (χ1) is 11.9. The van der Waals surface area contributed by atoms with Crippen LogP contribution in [0.3, 0.4) is 0 Å². The summed E-state index contributed by atoms with van der Waals surface area (Å²) in [7, 11) is 0. The molecule has 0 radical (unpaired) electrons. The lowest BCUT2D eigenvalue weighted by molar-refractivity contribution is -0.140. The Balaban J connectivity index is 1.84. The number of alkyl halides is 3. The number of hydrogen-bond acceptors (Lipinski definition) is 4. The average Bonchev–Trinajstić information content (AvgIpc) is 2.60. The summed E-state index contributed by atoms with van der Waals surface area (Å²) >= 11 is 0. The minimum atomic E-state index is -4.47. The smallest absolute Gasteiger partial charge is 0.370 e. The molecule has 0 aliphatic carbocycles. The monoisotopic (exact) mass is 351 g/mol. The van der Waals surface area contributed by atoms with Crippen LogP contribution in [-0.4, -0.2) is 40.7 Å². The Hall–Kier alpha value is -2.48. The van der Waals surface area contributed by atoms with Crippen LogP contribution in [0.1, 0.15) is 33.3 Å². The van der Waals surface area contributed by atoms with E-state index >= 15 is 0 Å². The Morgan fingerprint density at radius 1 is 1.32 bits per heavy atom. The Kier molecular flexibility index (Phi) is 4.71. The minimum absolute atomic E-state index is 0.0385. The molecule has 1 aromatic heterocycles. The van der Waals surface area contributed by atoms with Crippen molar-refractivity contribution in [2.75, 3.05) is 19.7 Å². The molecule has 1 aliphatic heterocycles. The van der Waals surface area contributed by atoms with Gasteiger partial charge in [0.1, 0.15) is 6.10 Å². The lowest BCUT2D eigenvalue weighted by atomic mass is 10.0. The summed E-state index contributed by atoms with van der Waals surface area (Å²) in [5.74, 6) is -0.296. The molecule has 0 bridgehead atoms. The number of carbonyl (C=O) groups is 1. The van der Waals surface area contributed by atoms with Crippen molar-refractivity contribution in [1.82, 2.24) is 15.1 Å². The molecule has 1 amide bonds. The second-order valence-electron chi connectivity index (χ2n) is 5.78. The van der Waals surface area contributed by atoms with Gasteiger partial charge in [0.25, 0.3) is 5.91 Å². The number of carbonyl (C=O) groups excluding carboxylic acids is 1. The first-order valence-corrected chi connectivity index (χ1v) is 7.72. The standard InChI is InChI=1S/C17H16F3N3O2/c1-11-8-12(9-21-22-11)16(24)23-6-7-25-15(10-23)13-4-2-3-5-14(13)17(18,19)20/h2-5,8-9,15H,6-7,10H2,1H3. The highest BCUT2D eigenvalue weighted by atomic mass is 19.4. The number of aryl methyl sites for hydroxylation is 1. The molecule has 1 aromatic carbocycles. The predicted molar refractivity (Wildman–Crippen MR) is 82.8 cm³/mol. The summed E-state index contributed by atoms with van der Waals surface area (Å²) in [6.45, 7) is 2.24. The second kappa shape index (κ2) is 6.79. The molecular weight excluding hydrogens is 335 g/mol. The van der Waals surface area contributed by atoms with Crippen molar-refractivity contribution in [2.45, 2.75) is 19.2 Å². The Morgan fingerprint density at radius 2 is 2.08 bits per heavy atom. The highest BCUT2D eigenvalue weighted by Crippen LogP contribution is 2.36. The fraction of sp³-hybridized carbons (Fsp3) is 0.353. The van der Waals surface area contributed by atoms with Gasteiger partial charge >= 0.3 is 6.18 Å². The molecule has 0 saturated carbocycles. The van der Waals surface area contributed by atoms with Gasteiger partial charge in [0.15, 0.2) is 0 Å². The molecular formula is C17H16F3N3O2. The van der Waals surface area contributed by atoms with Gasteiger partial charge in [-0.1, -0.05) is 18.2 Å². The van der Waals surface area contributed by atoms with E-state index in [4.69, 9.17) is 4.74 Å². The maximum Gasteiger partial charge on any atom is 0.416 e. The van der Waals surface area contributed by atoms with E-state index in [0.717, 1.165) is 6.07 Å². The number of benzene rings is 1. The first-order valence-electron chi connectivity index (χ1n) is 7.72. The van der Waals surface area contributed by atoms with Crippen molar-refractivity contribution in [3.8, 4) is 0 Å². The third kappa shape index (κ3) is 3.79. The summed E-state index contributed by atoms with van der Waals surface area (Å²) < 4.78 is 45.2. The number of ether oxygens (including phenoxy) is 1. The van der Waals surface area contributed by atoms with Gasteiger partial charge in [0, 0.05) is 6.54 Å².